The molecule has 0 aliphatic rings. The van der Waals surface area contributed by atoms with Crippen LogP contribution in [0.15, 0.2) is 42.5 Å². The molecule has 0 aliphatic carbocycles. The third-order valence-corrected chi connectivity index (χ3v) is 4.79. The minimum absolute atomic E-state index is 0.179. The van der Waals surface area contributed by atoms with Gasteiger partial charge in [0, 0.05) is 32.0 Å². The summed E-state index contributed by atoms with van der Waals surface area (Å²) in [7, 11) is 4.06. The molecule has 5 nitrogen and oxygen atoms in total. The quantitative estimate of drug-likeness (QED) is 0.287. The summed E-state index contributed by atoms with van der Waals surface area (Å²) in [5.74, 6) is 0.463. The van der Waals surface area contributed by atoms with Crippen molar-refractivity contribution in [1.29, 1.82) is 0 Å². The zero-order chi connectivity index (χ0) is 23.4. The Hall–Kier alpha value is -1.44. The Labute approximate surface area is 207 Å². The average molecular weight is 542 g/mol. The first-order chi connectivity index (χ1) is 14.7. The number of anilines is 2. The molecule has 0 unspecified atom stereocenters. The second-order valence-electron chi connectivity index (χ2n) is 7.58. The fourth-order valence-corrected chi connectivity index (χ4v) is 2.82. The number of carbonyl (C=O) groups excluding carboxylic acids is 1. The van der Waals surface area contributed by atoms with Gasteiger partial charge in [0.25, 0.3) is 0 Å². The van der Waals surface area contributed by atoms with E-state index in [1.165, 1.54) is 5.69 Å². The molecule has 0 saturated heterocycles. The van der Waals surface area contributed by atoms with E-state index in [9.17, 15) is 4.79 Å². The van der Waals surface area contributed by atoms with Gasteiger partial charge < -0.3 is 40.8 Å². The second kappa shape index (κ2) is 13.9. The van der Waals surface area contributed by atoms with Crippen molar-refractivity contribution in [2.75, 3.05) is 36.6 Å². The zero-order valence-electron chi connectivity index (χ0n) is 18.3. The van der Waals surface area contributed by atoms with Gasteiger partial charge in [0.15, 0.2) is 0 Å². The molecule has 0 heterocycles. The van der Waals surface area contributed by atoms with Crippen LogP contribution in [0.5, 0.6) is 0 Å². The van der Waals surface area contributed by atoms with Crippen LogP contribution in [0.3, 0.4) is 0 Å². The molecule has 0 atom stereocenters. The van der Waals surface area contributed by atoms with Crippen molar-refractivity contribution in [2.24, 2.45) is 0 Å². The van der Waals surface area contributed by atoms with Crippen molar-refractivity contribution in [1.82, 2.24) is 5.32 Å². The molecular formula is C23H29N3O2S2Tc. The number of hydrogen-bond acceptors (Lipinski definition) is 6. The van der Waals surface area contributed by atoms with Gasteiger partial charge in [0.05, 0.1) is 0 Å². The molecule has 0 spiro atoms. The third kappa shape index (κ3) is 9.71. The Morgan fingerprint density at radius 2 is 1.65 bits per heavy atom. The molecule has 2 N–H and O–H groups in total. The molecule has 0 aliphatic heterocycles. The Balaban J connectivity index is 0.00000233. The molecule has 2 rings (SSSR count). The van der Waals surface area contributed by atoms with Crippen LogP contribution in [0.1, 0.15) is 30.5 Å². The van der Waals surface area contributed by atoms with Crippen molar-refractivity contribution in [2.45, 2.75) is 25.1 Å². The van der Waals surface area contributed by atoms with Gasteiger partial charge in [-0.25, -0.2) is 0 Å². The standard InChI is InChI=1S/C23H31N3OS2.O.Tc/c1-23(2,29)22(27)25-21-12-9-18(15-19(21)16-24-13-14-28)6-5-17-7-10-20(11-8-17)26(3)4;;/h5-12,15,24,28-29H,13-14,16H2,1-4H3,(H,25,27);;/q;;+2/p-2/b6-5+;;. The molecule has 1 amide bonds. The topological polar surface area (TPSA) is 61.4 Å². The normalized spacial score (nSPS) is 11.0. The van der Waals surface area contributed by atoms with Crippen LogP contribution >= 0.6 is 0 Å². The van der Waals surface area contributed by atoms with E-state index in [1.807, 2.05) is 26.2 Å². The molecule has 0 fully saturated rings. The van der Waals surface area contributed by atoms with Crippen LogP contribution in [0.2, 0.25) is 0 Å². The van der Waals surface area contributed by atoms with E-state index >= 15 is 0 Å². The molecule has 0 aromatic heterocycles. The third-order valence-electron chi connectivity index (χ3n) is 4.40. The van der Waals surface area contributed by atoms with Gasteiger partial charge in [-0.3, -0.25) is 4.79 Å². The summed E-state index contributed by atoms with van der Waals surface area (Å²) in [5.41, 5.74) is 5.14. The fourth-order valence-electron chi connectivity index (χ4n) is 2.63. The SMILES string of the molecule is CN(C)c1ccc(/C=C/c2ccc(NC(=O)C(C)(C)[S-])c(CNCC[S-])c2)cc1.[O]=[Tc+2]. The van der Waals surface area contributed by atoms with Crippen LogP contribution in [0, 0.1) is 0 Å². The summed E-state index contributed by atoms with van der Waals surface area (Å²) < 4.78 is 7.36. The van der Waals surface area contributed by atoms with E-state index in [2.05, 4.69) is 58.0 Å². The van der Waals surface area contributed by atoms with Gasteiger partial charge in [-0.1, -0.05) is 48.9 Å². The van der Waals surface area contributed by atoms with E-state index in [1.54, 1.807) is 13.8 Å². The molecule has 31 heavy (non-hydrogen) atoms. The Bertz CT molecular complexity index is 866. The zero-order valence-corrected chi connectivity index (χ0v) is 21.8. The summed E-state index contributed by atoms with van der Waals surface area (Å²) in [6, 6.07) is 14.4. The molecule has 0 radical (unpaired) electrons. The van der Waals surface area contributed by atoms with Gasteiger partial charge in [0.2, 0.25) is 5.91 Å². The van der Waals surface area contributed by atoms with Crippen molar-refractivity contribution < 1.29 is 27.2 Å². The van der Waals surface area contributed by atoms with Crippen LogP contribution < -0.4 is 15.5 Å². The first-order valence-corrected chi connectivity index (χ1v) is 11.5. The van der Waals surface area contributed by atoms with Gasteiger partial charge >= 0.3 is 22.4 Å². The number of carbonyl (C=O) groups is 1. The van der Waals surface area contributed by atoms with Gasteiger partial charge in [-0.15, -0.1) is 0 Å². The Morgan fingerprint density at radius 3 is 2.19 bits per heavy atom. The number of amides is 1. The predicted molar refractivity (Wildman–Crippen MR) is 131 cm³/mol. The average Bonchev–Trinajstić information content (AvgIpc) is 2.74. The van der Waals surface area contributed by atoms with Gasteiger partial charge in [-0.05, 0) is 47.5 Å². The fraction of sp³-hybridized carbons (Fsp3) is 0.348. The maximum atomic E-state index is 12.3. The van der Waals surface area contributed by atoms with E-state index < -0.39 is 4.75 Å². The number of rotatable bonds is 9. The summed E-state index contributed by atoms with van der Waals surface area (Å²) in [4.78, 5) is 14.4. The number of benzene rings is 2. The van der Waals surface area contributed by atoms with Crippen LogP contribution in [-0.4, -0.2) is 37.0 Å². The summed E-state index contributed by atoms with van der Waals surface area (Å²) >= 11 is 11.2. The van der Waals surface area contributed by atoms with Crippen LogP contribution in [0.4, 0.5) is 11.4 Å². The summed E-state index contributed by atoms with van der Waals surface area (Å²) in [6.45, 7) is 4.83. The Kier molecular flexibility index (Phi) is 12.3. The van der Waals surface area contributed by atoms with Crippen molar-refractivity contribution in [3.05, 3.63) is 59.2 Å². The van der Waals surface area contributed by atoms with Crippen molar-refractivity contribution in [3.8, 4) is 0 Å². The molecule has 167 valence electrons. The molecule has 0 saturated carbocycles. The van der Waals surface area contributed by atoms with Crippen molar-refractivity contribution >= 4 is 54.7 Å². The number of hydrogen-bond donors (Lipinski definition) is 2. The van der Waals surface area contributed by atoms with E-state index in [4.69, 9.17) is 28.8 Å². The van der Waals surface area contributed by atoms with Crippen LogP contribution in [0.25, 0.3) is 12.2 Å². The summed E-state index contributed by atoms with van der Waals surface area (Å²) in [5, 5.41) is 6.27. The molecular weight excluding hydrogens is 512 g/mol. The van der Waals surface area contributed by atoms with Crippen molar-refractivity contribution in [3.63, 3.8) is 0 Å². The van der Waals surface area contributed by atoms with E-state index in [0.717, 1.165) is 47.8 Å². The van der Waals surface area contributed by atoms with Crippen LogP contribution in [-0.2, 0) is 59.0 Å². The second-order valence-corrected chi connectivity index (χ2v) is 9.01. The first kappa shape index (κ1) is 27.6. The van der Waals surface area contributed by atoms with E-state index in [-0.39, 0.29) is 5.91 Å². The first-order valence-electron chi connectivity index (χ1n) is 9.75. The van der Waals surface area contributed by atoms with Gasteiger partial charge in [0.1, 0.15) is 0 Å². The predicted octanol–water partition coefficient (Wildman–Crippen LogP) is 3.70. The molecule has 2 aromatic rings. The molecule has 0 bridgehead atoms. The molecule has 2 aromatic carbocycles. The number of nitrogens with zero attached hydrogens (tertiary/aromatic N) is 1. The molecule has 8 heteroatoms. The minimum atomic E-state index is -0.859. The maximum absolute atomic E-state index is 12.3. The van der Waals surface area contributed by atoms with E-state index in [0.29, 0.717) is 12.3 Å². The van der Waals surface area contributed by atoms with Gasteiger partial charge in [-0.2, -0.15) is 5.75 Å². The number of nitrogens with one attached hydrogen (secondary N) is 2. The summed E-state index contributed by atoms with van der Waals surface area (Å²) in [6.07, 6.45) is 4.16. The Morgan fingerprint density at radius 1 is 1.06 bits per heavy atom. The monoisotopic (exact) mass is 540 g/mol.